The van der Waals surface area contributed by atoms with E-state index in [1.165, 1.54) is 0 Å². The van der Waals surface area contributed by atoms with Crippen LogP contribution in [0.4, 0.5) is 5.69 Å². The summed E-state index contributed by atoms with van der Waals surface area (Å²) < 4.78 is 5.35. The highest BCUT2D eigenvalue weighted by atomic mass is 35.5. The lowest BCUT2D eigenvalue weighted by Gasteiger charge is -2.17. The predicted molar refractivity (Wildman–Crippen MR) is 94.0 cm³/mol. The molecule has 0 bridgehead atoms. The molecule has 0 unspecified atom stereocenters. The Hall–Kier alpha value is -1.79. The van der Waals surface area contributed by atoms with Gasteiger partial charge in [0.05, 0.1) is 0 Å². The molecule has 0 radical (unpaired) electrons. The largest absolute Gasteiger partial charge is 0.492 e. The van der Waals surface area contributed by atoms with E-state index in [0.29, 0.717) is 31.1 Å². The van der Waals surface area contributed by atoms with E-state index in [4.69, 9.17) is 10.5 Å². The summed E-state index contributed by atoms with van der Waals surface area (Å²) in [6, 6.07) is 7.06. The van der Waals surface area contributed by atoms with Crippen LogP contribution in [0.3, 0.4) is 0 Å². The monoisotopic (exact) mass is 343 g/mol. The van der Waals surface area contributed by atoms with Gasteiger partial charge in [0.2, 0.25) is 11.8 Å². The van der Waals surface area contributed by atoms with Crippen molar-refractivity contribution in [2.75, 3.05) is 25.0 Å². The summed E-state index contributed by atoms with van der Waals surface area (Å²) >= 11 is 0. The van der Waals surface area contributed by atoms with Crippen molar-refractivity contribution in [2.24, 2.45) is 11.1 Å². The molecular weight excluding hydrogens is 318 g/mol. The van der Waals surface area contributed by atoms with Gasteiger partial charge in [-0.25, -0.2) is 0 Å². The van der Waals surface area contributed by atoms with Crippen LogP contribution in [-0.2, 0) is 9.59 Å². The van der Waals surface area contributed by atoms with E-state index >= 15 is 0 Å². The molecule has 0 spiro atoms. The van der Waals surface area contributed by atoms with E-state index in [-0.39, 0.29) is 30.6 Å². The van der Waals surface area contributed by atoms with Crippen molar-refractivity contribution in [1.29, 1.82) is 0 Å². The maximum absolute atomic E-state index is 11.8. The topological polar surface area (TPSA) is 93.5 Å². The van der Waals surface area contributed by atoms with Gasteiger partial charge >= 0.3 is 0 Å². The maximum atomic E-state index is 11.8. The molecule has 0 heterocycles. The summed E-state index contributed by atoms with van der Waals surface area (Å²) in [5.74, 6) is 0.493. The normalized spacial score (nSPS) is 10.4. The lowest BCUT2D eigenvalue weighted by molar-refractivity contribution is -0.128. The first-order valence-corrected chi connectivity index (χ1v) is 7.34. The molecule has 1 aromatic rings. The van der Waals surface area contributed by atoms with E-state index < -0.39 is 5.41 Å². The molecule has 0 aromatic heterocycles. The average Bonchev–Trinajstić information content (AvgIpc) is 2.45. The standard InChI is InChI=1S/C16H25N3O3.ClH/c1-16(2,3)15(21)18-10-8-14(20)19-12-4-6-13(7-5-12)22-11-9-17;/h4-7H,8-11,17H2,1-3H3,(H,18,21)(H,19,20);1H. The molecular formula is C16H26ClN3O3. The number of nitrogens with two attached hydrogens (primary N) is 1. The fourth-order valence-corrected chi connectivity index (χ4v) is 1.59. The summed E-state index contributed by atoms with van der Waals surface area (Å²) in [4.78, 5) is 23.5. The number of carbonyl (C=O) groups excluding carboxylic acids is 2. The maximum Gasteiger partial charge on any atom is 0.226 e. The minimum absolute atomic E-state index is 0. The third-order valence-corrected chi connectivity index (χ3v) is 2.84. The van der Waals surface area contributed by atoms with Crippen molar-refractivity contribution >= 4 is 29.9 Å². The van der Waals surface area contributed by atoms with Gasteiger partial charge in [0.25, 0.3) is 0 Å². The van der Waals surface area contributed by atoms with Gasteiger partial charge in [-0.05, 0) is 24.3 Å². The van der Waals surface area contributed by atoms with E-state index in [9.17, 15) is 9.59 Å². The number of carbonyl (C=O) groups is 2. The number of hydrogen-bond donors (Lipinski definition) is 3. The van der Waals surface area contributed by atoms with E-state index in [2.05, 4.69) is 10.6 Å². The summed E-state index contributed by atoms with van der Waals surface area (Å²) in [5.41, 5.74) is 5.59. The minimum atomic E-state index is -0.449. The molecule has 6 nitrogen and oxygen atoms in total. The molecule has 0 aliphatic carbocycles. The fraction of sp³-hybridized carbons (Fsp3) is 0.500. The summed E-state index contributed by atoms with van der Waals surface area (Å²) in [5, 5.41) is 5.51. The zero-order valence-electron chi connectivity index (χ0n) is 13.8. The summed E-state index contributed by atoms with van der Waals surface area (Å²) in [6.07, 6.45) is 0.229. The third kappa shape index (κ3) is 8.42. The highest BCUT2D eigenvalue weighted by molar-refractivity contribution is 5.91. The Morgan fingerprint density at radius 1 is 1.17 bits per heavy atom. The number of halogens is 1. The van der Waals surface area contributed by atoms with E-state index in [1.807, 2.05) is 20.8 Å². The number of amides is 2. The van der Waals surface area contributed by atoms with Crippen molar-refractivity contribution in [3.63, 3.8) is 0 Å². The van der Waals surface area contributed by atoms with Gasteiger partial charge in [0, 0.05) is 30.6 Å². The van der Waals surface area contributed by atoms with E-state index in [1.54, 1.807) is 24.3 Å². The van der Waals surface area contributed by atoms with Crippen LogP contribution in [0.1, 0.15) is 27.2 Å². The number of benzene rings is 1. The highest BCUT2D eigenvalue weighted by Gasteiger charge is 2.20. The lowest BCUT2D eigenvalue weighted by atomic mass is 9.96. The molecule has 2 amide bonds. The number of nitrogens with one attached hydrogen (secondary N) is 2. The second kappa shape index (κ2) is 10.1. The molecule has 23 heavy (non-hydrogen) atoms. The highest BCUT2D eigenvalue weighted by Crippen LogP contribution is 2.16. The average molecular weight is 344 g/mol. The van der Waals surface area contributed by atoms with Crippen molar-refractivity contribution in [1.82, 2.24) is 5.32 Å². The Labute approximate surface area is 143 Å². The van der Waals surface area contributed by atoms with Crippen LogP contribution in [0.2, 0.25) is 0 Å². The van der Waals surface area contributed by atoms with E-state index in [0.717, 1.165) is 0 Å². The summed E-state index contributed by atoms with van der Waals surface area (Å²) in [6.45, 7) is 6.72. The van der Waals surface area contributed by atoms with Crippen molar-refractivity contribution in [3.05, 3.63) is 24.3 Å². The molecule has 4 N–H and O–H groups in total. The van der Waals surface area contributed by atoms with Gasteiger partial charge in [0.1, 0.15) is 12.4 Å². The summed E-state index contributed by atoms with van der Waals surface area (Å²) in [7, 11) is 0. The van der Waals surface area contributed by atoms with Crippen molar-refractivity contribution < 1.29 is 14.3 Å². The zero-order valence-corrected chi connectivity index (χ0v) is 14.7. The van der Waals surface area contributed by atoms with Crippen LogP contribution in [0.25, 0.3) is 0 Å². The van der Waals surface area contributed by atoms with Gasteiger partial charge in [-0.15, -0.1) is 12.4 Å². The number of rotatable bonds is 7. The molecule has 0 aliphatic heterocycles. The van der Waals surface area contributed by atoms with Gasteiger partial charge in [-0.3, -0.25) is 9.59 Å². The Balaban J connectivity index is 0.00000484. The SMILES string of the molecule is CC(C)(C)C(=O)NCCC(=O)Nc1ccc(OCCN)cc1.Cl. The molecule has 1 aromatic carbocycles. The number of anilines is 1. The minimum Gasteiger partial charge on any atom is -0.492 e. The van der Waals surface area contributed by atoms with Crippen molar-refractivity contribution in [3.8, 4) is 5.75 Å². The van der Waals surface area contributed by atoms with Crippen molar-refractivity contribution in [2.45, 2.75) is 27.2 Å². The molecule has 0 saturated carbocycles. The lowest BCUT2D eigenvalue weighted by Crippen LogP contribution is -2.36. The molecule has 1 rings (SSSR count). The zero-order chi connectivity index (χ0) is 16.6. The quantitative estimate of drug-likeness (QED) is 0.705. The Bertz CT molecular complexity index is 498. The first-order valence-electron chi connectivity index (χ1n) is 7.34. The van der Waals surface area contributed by atoms with Crippen LogP contribution in [0.15, 0.2) is 24.3 Å². The molecule has 7 heteroatoms. The van der Waals surface area contributed by atoms with Gasteiger partial charge < -0.3 is 21.1 Å². The third-order valence-electron chi connectivity index (χ3n) is 2.84. The second-order valence-electron chi connectivity index (χ2n) is 5.97. The first kappa shape index (κ1) is 21.2. The number of ether oxygens (including phenoxy) is 1. The molecule has 0 saturated heterocycles. The second-order valence-corrected chi connectivity index (χ2v) is 5.97. The Morgan fingerprint density at radius 3 is 2.30 bits per heavy atom. The van der Waals surface area contributed by atoms with Gasteiger partial charge in [-0.1, -0.05) is 20.8 Å². The van der Waals surface area contributed by atoms with Crippen LogP contribution >= 0.6 is 12.4 Å². The Morgan fingerprint density at radius 2 is 1.78 bits per heavy atom. The smallest absolute Gasteiger partial charge is 0.226 e. The Kier molecular flexibility index (Phi) is 9.29. The molecule has 130 valence electrons. The fourth-order valence-electron chi connectivity index (χ4n) is 1.59. The molecule has 0 atom stereocenters. The van der Waals surface area contributed by atoms with Gasteiger partial charge in [0.15, 0.2) is 0 Å². The number of hydrogen-bond acceptors (Lipinski definition) is 4. The van der Waals surface area contributed by atoms with Crippen LogP contribution in [0, 0.1) is 5.41 Å². The molecule has 0 aliphatic rings. The first-order chi connectivity index (χ1) is 10.3. The van der Waals surface area contributed by atoms with Crippen LogP contribution in [0.5, 0.6) is 5.75 Å². The predicted octanol–water partition coefficient (Wildman–Crippen LogP) is 1.94. The molecule has 0 fully saturated rings. The van der Waals surface area contributed by atoms with Gasteiger partial charge in [-0.2, -0.15) is 0 Å². The van der Waals surface area contributed by atoms with Crippen LogP contribution < -0.4 is 21.1 Å². The van der Waals surface area contributed by atoms with Crippen LogP contribution in [-0.4, -0.2) is 31.5 Å².